The predicted molar refractivity (Wildman–Crippen MR) is 115 cm³/mol. The molecule has 1 amide bonds. The third-order valence-electron chi connectivity index (χ3n) is 5.50. The summed E-state index contributed by atoms with van der Waals surface area (Å²) >= 11 is 0. The molecule has 1 N–H and O–H groups in total. The van der Waals surface area contributed by atoms with Gasteiger partial charge in [0, 0.05) is 50.2 Å². The summed E-state index contributed by atoms with van der Waals surface area (Å²) in [4.78, 5) is 14.5. The van der Waals surface area contributed by atoms with Crippen LogP contribution in [0.5, 0.6) is 5.75 Å². The number of hydrogen-bond donors (Lipinski definition) is 1. The van der Waals surface area contributed by atoms with Crippen molar-refractivity contribution in [2.75, 3.05) is 26.2 Å². The molecule has 1 heterocycles. The largest absolute Gasteiger partial charge is 0.573 e. The zero-order valence-corrected chi connectivity index (χ0v) is 19.7. The number of rotatable bonds is 9. The van der Waals surface area contributed by atoms with Crippen LogP contribution in [0.25, 0.3) is 0 Å². The summed E-state index contributed by atoms with van der Waals surface area (Å²) in [7, 11) is -3.99. The summed E-state index contributed by atoms with van der Waals surface area (Å²) in [5.41, 5.74) is 0. The maximum Gasteiger partial charge on any atom is 0.573 e. The number of benzene rings is 1. The Bertz CT molecular complexity index is 859. The van der Waals surface area contributed by atoms with Crippen LogP contribution in [0.1, 0.15) is 40.5 Å². The van der Waals surface area contributed by atoms with Gasteiger partial charge in [0.05, 0.1) is 4.90 Å². The molecule has 2 rings (SSSR count). The van der Waals surface area contributed by atoms with Gasteiger partial charge in [-0.25, -0.2) is 8.42 Å². The highest BCUT2D eigenvalue weighted by Gasteiger charge is 2.34. The smallest absolute Gasteiger partial charge is 0.406 e. The van der Waals surface area contributed by atoms with Crippen molar-refractivity contribution in [3.8, 4) is 5.75 Å². The number of sulfonamides is 1. The molecule has 0 aliphatic carbocycles. The minimum atomic E-state index is -4.91. The lowest BCUT2D eigenvalue weighted by atomic mass is 9.97. The highest BCUT2D eigenvalue weighted by Crippen LogP contribution is 2.28. The second-order valence-corrected chi connectivity index (χ2v) is 10.4. The van der Waals surface area contributed by atoms with Crippen LogP contribution in [-0.4, -0.2) is 68.2 Å². The fourth-order valence-electron chi connectivity index (χ4n) is 3.90. The molecular formula is C21H32F3N3O4S. The standard InChI is InChI=1S/C21H32F3N3O4S/c1-15(2)27(16(3)4)13-10-25-20(28)17-8-11-26(12-9-17)32(29,30)19-7-5-6-18(14-19)31-21(22,23)24/h5-7,14-17H,8-13H2,1-4H3,(H,25,28). The number of alkyl halides is 3. The van der Waals surface area contributed by atoms with Crippen LogP contribution >= 0.6 is 0 Å². The van der Waals surface area contributed by atoms with Gasteiger partial charge < -0.3 is 10.1 Å². The Morgan fingerprint density at radius 3 is 2.31 bits per heavy atom. The van der Waals surface area contributed by atoms with E-state index in [9.17, 15) is 26.4 Å². The van der Waals surface area contributed by atoms with Crippen LogP contribution in [0.3, 0.4) is 0 Å². The van der Waals surface area contributed by atoms with Crippen molar-refractivity contribution >= 4 is 15.9 Å². The summed E-state index contributed by atoms with van der Waals surface area (Å²) in [6.45, 7) is 9.88. The van der Waals surface area contributed by atoms with Gasteiger partial charge in [-0.1, -0.05) is 6.07 Å². The number of carbonyl (C=O) groups excluding carboxylic acids is 1. The van der Waals surface area contributed by atoms with Crippen LogP contribution in [0.2, 0.25) is 0 Å². The molecule has 32 heavy (non-hydrogen) atoms. The third-order valence-corrected chi connectivity index (χ3v) is 7.39. The molecule has 0 saturated carbocycles. The first-order valence-corrected chi connectivity index (χ1v) is 12.1. The number of amides is 1. The van der Waals surface area contributed by atoms with Gasteiger partial charge >= 0.3 is 6.36 Å². The van der Waals surface area contributed by atoms with E-state index in [0.717, 1.165) is 18.7 Å². The zero-order valence-electron chi connectivity index (χ0n) is 18.9. The second-order valence-electron chi connectivity index (χ2n) is 8.42. The lowest BCUT2D eigenvalue weighted by Gasteiger charge is -2.32. The summed E-state index contributed by atoms with van der Waals surface area (Å²) in [6, 6.07) is 5.05. The number of halogens is 3. The molecule has 11 heteroatoms. The lowest BCUT2D eigenvalue weighted by molar-refractivity contribution is -0.274. The fraction of sp³-hybridized carbons (Fsp3) is 0.667. The SMILES string of the molecule is CC(C)N(CCNC(=O)C1CCN(S(=O)(=O)c2cccc(OC(F)(F)F)c2)CC1)C(C)C. The third kappa shape index (κ3) is 7.35. The summed E-state index contributed by atoms with van der Waals surface area (Å²) < 4.78 is 68.0. The van der Waals surface area contributed by atoms with E-state index in [4.69, 9.17) is 0 Å². The Morgan fingerprint density at radius 1 is 1.19 bits per heavy atom. The van der Waals surface area contributed by atoms with Crippen LogP contribution < -0.4 is 10.1 Å². The van der Waals surface area contributed by atoms with Crippen LogP contribution in [-0.2, 0) is 14.8 Å². The Hall–Kier alpha value is -1.85. The molecule has 1 aliphatic heterocycles. The minimum Gasteiger partial charge on any atom is -0.406 e. The molecule has 0 aromatic heterocycles. The molecule has 0 radical (unpaired) electrons. The lowest BCUT2D eigenvalue weighted by Crippen LogP contribution is -2.46. The number of nitrogens with one attached hydrogen (secondary N) is 1. The van der Waals surface area contributed by atoms with Gasteiger partial charge in [-0.2, -0.15) is 4.31 Å². The molecule has 1 fully saturated rings. The maximum absolute atomic E-state index is 12.8. The first-order chi connectivity index (χ1) is 14.8. The number of ether oxygens (including phenoxy) is 1. The molecule has 1 aliphatic rings. The van der Waals surface area contributed by atoms with E-state index in [0.29, 0.717) is 31.5 Å². The number of carbonyl (C=O) groups is 1. The van der Waals surface area contributed by atoms with Gasteiger partial charge in [-0.15, -0.1) is 13.2 Å². The van der Waals surface area contributed by atoms with E-state index in [1.165, 1.54) is 16.4 Å². The van der Waals surface area contributed by atoms with Crippen LogP contribution in [0.15, 0.2) is 29.2 Å². The first kappa shape index (κ1) is 26.4. The van der Waals surface area contributed by atoms with Crippen molar-refractivity contribution in [2.24, 2.45) is 5.92 Å². The van der Waals surface area contributed by atoms with Crippen molar-refractivity contribution in [2.45, 2.75) is 63.9 Å². The van der Waals surface area contributed by atoms with E-state index in [-0.39, 0.29) is 29.8 Å². The van der Waals surface area contributed by atoms with Crippen LogP contribution in [0.4, 0.5) is 13.2 Å². The van der Waals surface area contributed by atoms with E-state index in [2.05, 4.69) is 42.6 Å². The van der Waals surface area contributed by atoms with E-state index < -0.39 is 22.1 Å². The average Bonchev–Trinajstić information content (AvgIpc) is 2.69. The average molecular weight is 480 g/mol. The van der Waals surface area contributed by atoms with Gasteiger partial charge in [0.15, 0.2) is 0 Å². The molecule has 0 unspecified atom stereocenters. The normalized spacial score (nSPS) is 16.7. The molecule has 0 bridgehead atoms. The molecular weight excluding hydrogens is 447 g/mol. The first-order valence-electron chi connectivity index (χ1n) is 10.7. The Labute approximate surface area is 188 Å². The van der Waals surface area contributed by atoms with Crippen LogP contribution in [0, 0.1) is 5.92 Å². The fourth-order valence-corrected chi connectivity index (χ4v) is 5.41. The van der Waals surface area contributed by atoms with Crippen molar-refractivity contribution in [1.82, 2.24) is 14.5 Å². The van der Waals surface area contributed by atoms with Crippen molar-refractivity contribution < 1.29 is 31.1 Å². The molecule has 0 atom stereocenters. The summed E-state index contributed by atoms with van der Waals surface area (Å²) in [6.07, 6.45) is -4.21. The Balaban J connectivity index is 1.91. The van der Waals surface area contributed by atoms with E-state index in [1.807, 2.05) is 0 Å². The monoisotopic (exact) mass is 479 g/mol. The van der Waals surface area contributed by atoms with Gasteiger partial charge in [0.2, 0.25) is 15.9 Å². The molecule has 7 nitrogen and oxygen atoms in total. The second kappa shape index (κ2) is 10.8. The number of nitrogens with zero attached hydrogens (tertiary/aromatic N) is 2. The Kier molecular flexibility index (Phi) is 8.95. The highest BCUT2D eigenvalue weighted by molar-refractivity contribution is 7.89. The van der Waals surface area contributed by atoms with Gasteiger partial charge in [-0.05, 0) is 52.7 Å². The molecule has 0 spiro atoms. The number of piperidine rings is 1. The van der Waals surface area contributed by atoms with Crippen molar-refractivity contribution in [3.05, 3.63) is 24.3 Å². The minimum absolute atomic E-state index is 0.102. The Morgan fingerprint density at radius 2 is 1.78 bits per heavy atom. The van der Waals surface area contributed by atoms with Gasteiger partial charge in [-0.3, -0.25) is 9.69 Å². The zero-order chi connectivity index (χ0) is 24.1. The van der Waals surface area contributed by atoms with Crippen molar-refractivity contribution in [1.29, 1.82) is 0 Å². The van der Waals surface area contributed by atoms with E-state index in [1.54, 1.807) is 0 Å². The van der Waals surface area contributed by atoms with Gasteiger partial charge in [0.25, 0.3) is 0 Å². The number of hydrogen-bond acceptors (Lipinski definition) is 5. The highest BCUT2D eigenvalue weighted by atomic mass is 32.2. The van der Waals surface area contributed by atoms with Crippen molar-refractivity contribution in [3.63, 3.8) is 0 Å². The molecule has 1 saturated heterocycles. The predicted octanol–water partition coefficient (Wildman–Crippen LogP) is 3.22. The maximum atomic E-state index is 12.8. The molecule has 182 valence electrons. The summed E-state index contributed by atoms with van der Waals surface area (Å²) in [5.74, 6) is -0.993. The van der Waals surface area contributed by atoms with E-state index >= 15 is 0 Å². The quantitative estimate of drug-likeness (QED) is 0.589. The van der Waals surface area contributed by atoms with Gasteiger partial charge in [0.1, 0.15) is 5.75 Å². The molecule has 1 aromatic carbocycles. The summed E-state index contributed by atoms with van der Waals surface area (Å²) in [5, 5.41) is 2.94. The molecule has 1 aromatic rings. The topological polar surface area (TPSA) is 79.0 Å².